The Hall–Kier alpha value is -0.930. The molecule has 0 radical (unpaired) electrons. The second kappa shape index (κ2) is 4.29. The number of benzene rings is 1. The van der Waals surface area contributed by atoms with Crippen molar-refractivity contribution in [1.29, 1.82) is 0 Å². The smallest absolute Gasteiger partial charge is 0.156 e. The molecule has 2 aromatic rings. The molecule has 0 saturated carbocycles. The molecule has 1 nitrogen and oxygen atoms in total. The molecule has 0 aliphatic rings. The molecule has 0 aliphatic heterocycles. The molecule has 0 N–H and O–H groups in total. The molecule has 76 valence electrons. The minimum atomic E-state index is -0.373. The van der Waals surface area contributed by atoms with Crippen molar-refractivity contribution < 1.29 is 4.39 Å². The van der Waals surface area contributed by atoms with Crippen LogP contribution in [0.2, 0.25) is 5.02 Å². The third-order valence-electron chi connectivity index (χ3n) is 1.97. The molecule has 0 spiro atoms. The van der Waals surface area contributed by atoms with Gasteiger partial charge in [-0.2, -0.15) is 0 Å². The highest BCUT2D eigenvalue weighted by molar-refractivity contribution is 9.10. The first-order valence-electron chi connectivity index (χ1n) is 4.24. The second-order valence-electron chi connectivity index (χ2n) is 3.00. The van der Waals surface area contributed by atoms with E-state index in [2.05, 4.69) is 20.9 Å². The summed E-state index contributed by atoms with van der Waals surface area (Å²) in [5.41, 5.74) is 1.62. The van der Waals surface area contributed by atoms with E-state index in [1.54, 1.807) is 18.3 Å². The van der Waals surface area contributed by atoms with Crippen molar-refractivity contribution in [2.24, 2.45) is 0 Å². The van der Waals surface area contributed by atoms with E-state index in [1.807, 2.05) is 12.1 Å². The van der Waals surface area contributed by atoms with E-state index < -0.39 is 0 Å². The standard InChI is InChI=1S/C11H6BrClFN/c12-11-10(14)5-8(6-15-11)7-1-3-9(13)4-2-7/h1-6H. The lowest BCUT2D eigenvalue weighted by Crippen LogP contribution is -1.85. The van der Waals surface area contributed by atoms with Crippen LogP contribution in [0.25, 0.3) is 11.1 Å². The largest absolute Gasteiger partial charge is 0.246 e. The molecule has 0 atom stereocenters. The van der Waals surface area contributed by atoms with Gasteiger partial charge in [0.1, 0.15) is 4.60 Å². The lowest BCUT2D eigenvalue weighted by atomic mass is 10.1. The zero-order valence-corrected chi connectivity index (χ0v) is 9.89. The zero-order valence-electron chi connectivity index (χ0n) is 7.55. The lowest BCUT2D eigenvalue weighted by molar-refractivity contribution is 0.613. The average molecular weight is 287 g/mol. The number of rotatable bonds is 1. The summed E-state index contributed by atoms with van der Waals surface area (Å²) in [6.07, 6.45) is 1.61. The quantitative estimate of drug-likeness (QED) is 0.712. The maximum atomic E-state index is 13.2. The predicted octanol–water partition coefficient (Wildman–Crippen LogP) is 4.30. The molecule has 2 rings (SSSR count). The van der Waals surface area contributed by atoms with Gasteiger partial charge < -0.3 is 0 Å². The lowest BCUT2D eigenvalue weighted by Gasteiger charge is -2.02. The summed E-state index contributed by atoms with van der Waals surface area (Å²) in [7, 11) is 0. The van der Waals surface area contributed by atoms with Gasteiger partial charge in [-0.3, -0.25) is 0 Å². The fourth-order valence-electron chi connectivity index (χ4n) is 1.22. The van der Waals surface area contributed by atoms with Crippen molar-refractivity contribution in [3.05, 3.63) is 52.0 Å². The first kappa shape index (κ1) is 10.6. The van der Waals surface area contributed by atoms with Crippen LogP contribution in [0, 0.1) is 5.82 Å². The molecule has 15 heavy (non-hydrogen) atoms. The monoisotopic (exact) mass is 285 g/mol. The van der Waals surface area contributed by atoms with Crippen LogP contribution in [-0.4, -0.2) is 4.98 Å². The van der Waals surface area contributed by atoms with E-state index in [4.69, 9.17) is 11.6 Å². The van der Waals surface area contributed by atoms with E-state index in [0.29, 0.717) is 5.02 Å². The van der Waals surface area contributed by atoms with E-state index in [1.165, 1.54) is 6.07 Å². The Bertz CT molecular complexity index is 484. The molecule has 0 unspecified atom stereocenters. The van der Waals surface area contributed by atoms with Crippen LogP contribution >= 0.6 is 27.5 Å². The van der Waals surface area contributed by atoms with Gasteiger partial charge in [0.25, 0.3) is 0 Å². The predicted molar refractivity (Wildman–Crippen MR) is 62.3 cm³/mol. The van der Waals surface area contributed by atoms with Crippen molar-refractivity contribution >= 4 is 27.5 Å². The summed E-state index contributed by atoms with van der Waals surface area (Å²) in [6, 6.07) is 8.60. The number of hydrogen-bond donors (Lipinski definition) is 0. The van der Waals surface area contributed by atoms with Crippen LogP contribution in [0.15, 0.2) is 41.1 Å². The van der Waals surface area contributed by atoms with Crippen molar-refractivity contribution in [2.75, 3.05) is 0 Å². The number of aromatic nitrogens is 1. The van der Waals surface area contributed by atoms with Gasteiger partial charge in [-0.05, 0) is 39.7 Å². The van der Waals surface area contributed by atoms with Crippen LogP contribution in [0.3, 0.4) is 0 Å². The SMILES string of the molecule is Fc1cc(-c2ccc(Cl)cc2)cnc1Br. The van der Waals surface area contributed by atoms with Crippen molar-refractivity contribution in [3.63, 3.8) is 0 Å². The minimum Gasteiger partial charge on any atom is -0.246 e. The molecule has 1 aromatic carbocycles. The molecule has 4 heteroatoms. The Morgan fingerprint density at radius 1 is 1.13 bits per heavy atom. The van der Waals surface area contributed by atoms with Gasteiger partial charge in [0, 0.05) is 16.8 Å². The molecule has 1 heterocycles. The van der Waals surface area contributed by atoms with Crippen LogP contribution in [0.5, 0.6) is 0 Å². The molecule has 0 aliphatic carbocycles. The number of nitrogens with zero attached hydrogens (tertiary/aromatic N) is 1. The van der Waals surface area contributed by atoms with Crippen molar-refractivity contribution in [1.82, 2.24) is 4.98 Å². The number of hydrogen-bond acceptors (Lipinski definition) is 1. The van der Waals surface area contributed by atoms with Crippen molar-refractivity contribution in [2.45, 2.75) is 0 Å². The highest BCUT2D eigenvalue weighted by atomic mass is 79.9. The zero-order chi connectivity index (χ0) is 10.8. The van der Waals surface area contributed by atoms with E-state index >= 15 is 0 Å². The normalized spacial score (nSPS) is 10.3. The van der Waals surface area contributed by atoms with Gasteiger partial charge >= 0.3 is 0 Å². The maximum Gasteiger partial charge on any atom is 0.156 e. The summed E-state index contributed by atoms with van der Waals surface area (Å²) in [4.78, 5) is 3.89. The summed E-state index contributed by atoms with van der Waals surface area (Å²) < 4.78 is 13.4. The molecule has 0 bridgehead atoms. The summed E-state index contributed by atoms with van der Waals surface area (Å²) >= 11 is 8.76. The van der Waals surface area contributed by atoms with Crippen LogP contribution < -0.4 is 0 Å². The van der Waals surface area contributed by atoms with Gasteiger partial charge in [0.2, 0.25) is 0 Å². The Morgan fingerprint density at radius 2 is 1.80 bits per heavy atom. The fraction of sp³-hybridized carbons (Fsp3) is 0. The van der Waals surface area contributed by atoms with Gasteiger partial charge in [-0.25, -0.2) is 9.37 Å². The molecular weight excluding hydrogens is 280 g/mol. The minimum absolute atomic E-state index is 0.222. The molecule has 0 amide bonds. The van der Waals surface area contributed by atoms with Crippen LogP contribution in [0.4, 0.5) is 4.39 Å². The van der Waals surface area contributed by atoms with Gasteiger partial charge in [-0.1, -0.05) is 23.7 Å². The molecule has 0 fully saturated rings. The van der Waals surface area contributed by atoms with Gasteiger partial charge in [-0.15, -0.1) is 0 Å². The van der Waals surface area contributed by atoms with E-state index in [0.717, 1.165) is 11.1 Å². The Balaban J connectivity index is 2.45. The summed E-state index contributed by atoms with van der Waals surface area (Å²) in [5.74, 6) is -0.373. The third kappa shape index (κ3) is 2.36. The molecule has 1 aromatic heterocycles. The first-order chi connectivity index (χ1) is 7.16. The topological polar surface area (TPSA) is 12.9 Å². The second-order valence-corrected chi connectivity index (χ2v) is 4.19. The average Bonchev–Trinajstić information content (AvgIpc) is 2.23. The van der Waals surface area contributed by atoms with Crippen LogP contribution in [-0.2, 0) is 0 Å². The van der Waals surface area contributed by atoms with Crippen LogP contribution in [0.1, 0.15) is 0 Å². The van der Waals surface area contributed by atoms with Crippen molar-refractivity contribution in [3.8, 4) is 11.1 Å². The molecular formula is C11H6BrClFN. The van der Waals surface area contributed by atoms with E-state index in [9.17, 15) is 4.39 Å². The maximum absolute atomic E-state index is 13.2. The van der Waals surface area contributed by atoms with Gasteiger partial charge in [0.05, 0.1) is 0 Å². The summed E-state index contributed by atoms with van der Waals surface area (Å²) in [6.45, 7) is 0. The van der Waals surface area contributed by atoms with E-state index in [-0.39, 0.29) is 10.4 Å². The highest BCUT2D eigenvalue weighted by Gasteiger charge is 2.03. The fourth-order valence-corrected chi connectivity index (χ4v) is 1.56. The molecule has 0 saturated heterocycles. The summed E-state index contributed by atoms with van der Waals surface area (Å²) in [5, 5.41) is 0.657. The Kier molecular flexibility index (Phi) is 3.03. The number of halogens is 3. The Labute approximate surface area is 100 Å². The first-order valence-corrected chi connectivity index (χ1v) is 5.41. The number of pyridine rings is 1. The third-order valence-corrected chi connectivity index (χ3v) is 2.81. The van der Waals surface area contributed by atoms with Gasteiger partial charge in [0.15, 0.2) is 5.82 Å². The Morgan fingerprint density at radius 3 is 2.40 bits per heavy atom. The highest BCUT2D eigenvalue weighted by Crippen LogP contribution is 2.23.